The van der Waals surface area contributed by atoms with E-state index in [0.29, 0.717) is 35.8 Å². The fourth-order valence-electron chi connectivity index (χ4n) is 5.10. The predicted molar refractivity (Wildman–Crippen MR) is 124 cm³/mol. The van der Waals surface area contributed by atoms with E-state index in [9.17, 15) is 18.0 Å². The van der Waals surface area contributed by atoms with Gasteiger partial charge >= 0.3 is 6.18 Å². The third kappa shape index (κ3) is 4.88. The van der Waals surface area contributed by atoms with Gasteiger partial charge in [0.2, 0.25) is 5.88 Å². The number of aromatic nitrogens is 3. The van der Waals surface area contributed by atoms with E-state index < -0.39 is 17.6 Å². The highest BCUT2D eigenvalue weighted by Crippen LogP contribution is 2.37. The Morgan fingerprint density at radius 1 is 1.11 bits per heavy atom. The average molecular weight is 486 g/mol. The van der Waals surface area contributed by atoms with Crippen molar-refractivity contribution in [1.29, 1.82) is 0 Å². The number of fused-ring (bicyclic) bond motifs is 2. The molecule has 2 saturated heterocycles. The number of hydrogen-bond donors (Lipinski definition) is 1. The maximum atomic E-state index is 12.8. The summed E-state index contributed by atoms with van der Waals surface area (Å²) >= 11 is 0. The van der Waals surface area contributed by atoms with Gasteiger partial charge in [0, 0.05) is 37.4 Å². The van der Waals surface area contributed by atoms with Gasteiger partial charge in [-0.05, 0) is 62.1 Å². The molecular weight excluding hydrogens is 459 g/mol. The monoisotopic (exact) mass is 485 g/mol. The first-order valence-corrected chi connectivity index (χ1v) is 11.6. The van der Waals surface area contributed by atoms with Crippen LogP contribution in [0, 0.1) is 0 Å². The summed E-state index contributed by atoms with van der Waals surface area (Å²) in [4.78, 5) is 19.6. The Labute approximate surface area is 200 Å². The van der Waals surface area contributed by atoms with E-state index >= 15 is 0 Å². The number of nitrogens with one attached hydrogen (secondary N) is 1. The fourth-order valence-corrected chi connectivity index (χ4v) is 5.10. The molecule has 7 nitrogen and oxygen atoms in total. The molecule has 35 heavy (non-hydrogen) atoms. The van der Waals surface area contributed by atoms with Crippen LogP contribution in [0.2, 0.25) is 0 Å². The van der Waals surface area contributed by atoms with E-state index in [1.54, 1.807) is 24.0 Å². The van der Waals surface area contributed by atoms with Crippen LogP contribution in [0.1, 0.15) is 41.6 Å². The smallest absolute Gasteiger partial charge is 0.416 e. The molecule has 2 aromatic heterocycles. The van der Waals surface area contributed by atoms with Crippen molar-refractivity contribution in [2.24, 2.45) is 7.05 Å². The summed E-state index contributed by atoms with van der Waals surface area (Å²) < 4.78 is 46.2. The highest BCUT2D eigenvalue weighted by atomic mass is 19.4. The molecule has 184 valence electrons. The van der Waals surface area contributed by atoms with Gasteiger partial charge in [0.05, 0.1) is 28.7 Å². The molecule has 4 heterocycles. The van der Waals surface area contributed by atoms with Crippen LogP contribution in [0.5, 0.6) is 5.88 Å². The van der Waals surface area contributed by atoms with Gasteiger partial charge in [0.25, 0.3) is 5.91 Å². The number of nitrogens with zero attached hydrogens (tertiary/aromatic N) is 4. The van der Waals surface area contributed by atoms with Crippen molar-refractivity contribution in [1.82, 2.24) is 19.7 Å². The molecule has 0 radical (unpaired) electrons. The standard InChI is InChI=1S/C25H26F3N5O2/c1-32-22(10-11-30-32)21-14-18(31-23(34)16-2-4-17(5-3-16)25(26,27)28)15-29-24(21)35-13-12-33-19-6-7-20(33)9-8-19/h2-5,10-11,14-15,19-20H,6-9,12-13H2,1H3,(H,31,34). The largest absolute Gasteiger partial charge is 0.476 e. The molecule has 0 atom stereocenters. The van der Waals surface area contributed by atoms with Gasteiger partial charge in [-0.25, -0.2) is 4.98 Å². The zero-order valence-corrected chi connectivity index (χ0v) is 19.3. The number of rotatable bonds is 7. The second-order valence-electron chi connectivity index (χ2n) is 8.99. The molecular formula is C25H26F3N5O2. The van der Waals surface area contributed by atoms with Crippen LogP contribution in [0.4, 0.5) is 18.9 Å². The van der Waals surface area contributed by atoms with Gasteiger partial charge in [-0.2, -0.15) is 18.3 Å². The van der Waals surface area contributed by atoms with Crippen molar-refractivity contribution in [3.05, 3.63) is 59.9 Å². The number of hydrogen-bond acceptors (Lipinski definition) is 5. The van der Waals surface area contributed by atoms with E-state index in [0.717, 1.165) is 36.5 Å². The fraction of sp³-hybridized carbons (Fsp3) is 0.400. The summed E-state index contributed by atoms with van der Waals surface area (Å²) in [5.41, 5.74) is 1.13. The van der Waals surface area contributed by atoms with Crippen LogP contribution in [0.3, 0.4) is 0 Å². The molecule has 0 saturated carbocycles. The molecule has 10 heteroatoms. The van der Waals surface area contributed by atoms with Crippen LogP contribution in [-0.4, -0.2) is 50.8 Å². The van der Waals surface area contributed by atoms with E-state index in [1.165, 1.54) is 31.9 Å². The highest BCUT2D eigenvalue weighted by Gasteiger charge is 2.38. The minimum absolute atomic E-state index is 0.112. The first-order valence-electron chi connectivity index (χ1n) is 11.6. The lowest BCUT2D eigenvalue weighted by molar-refractivity contribution is -0.137. The molecule has 0 spiro atoms. The van der Waals surface area contributed by atoms with Crippen LogP contribution >= 0.6 is 0 Å². The number of halogens is 3. The van der Waals surface area contributed by atoms with Crippen molar-refractivity contribution in [2.45, 2.75) is 43.9 Å². The van der Waals surface area contributed by atoms with Gasteiger partial charge in [-0.15, -0.1) is 0 Å². The molecule has 1 aromatic carbocycles. The van der Waals surface area contributed by atoms with Gasteiger partial charge < -0.3 is 10.1 Å². The average Bonchev–Trinajstić information content (AvgIpc) is 3.55. The zero-order valence-electron chi connectivity index (χ0n) is 19.3. The second-order valence-corrected chi connectivity index (χ2v) is 8.99. The lowest BCUT2D eigenvalue weighted by atomic mass is 10.0. The molecule has 0 aliphatic carbocycles. The maximum Gasteiger partial charge on any atom is 0.416 e. The summed E-state index contributed by atoms with van der Waals surface area (Å²) in [5, 5.41) is 6.93. The lowest BCUT2D eigenvalue weighted by Gasteiger charge is -2.21. The summed E-state index contributed by atoms with van der Waals surface area (Å²) in [6, 6.07) is 8.96. The van der Waals surface area contributed by atoms with Crippen molar-refractivity contribution in [3.8, 4) is 17.1 Å². The number of amides is 1. The summed E-state index contributed by atoms with van der Waals surface area (Å²) in [5.74, 6) is -0.0951. The SMILES string of the molecule is Cn1nccc1-c1cc(NC(=O)c2ccc(C(F)(F)F)cc2)cnc1OCCN1C2CCC1CC2. The molecule has 2 bridgehead atoms. The zero-order chi connectivity index (χ0) is 24.6. The Kier molecular flexibility index (Phi) is 6.22. The van der Waals surface area contributed by atoms with E-state index in [-0.39, 0.29) is 5.56 Å². The number of ether oxygens (including phenoxy) is 1. The molecule has 0 unspecified atom stereocenters. The molecule has 2 aliphatic heterocycles. The first kappa shape index (κ1) is 23.3. The number of alkyl halides is 3. The summed E-state index contributed by atoms with van der Waals surface area (Å²) in [7, 11) is 1.80. The third-order valence-electron chi connectivity index (χ3n) is 6.87. The van der Waals surface area contributed by atoms with Gasteiger partial charge in [0.1, 0.15) is 6.61 Å². The minimum Gasteiger partial charge on any atom is -0.476 e. The molecule has 5 rings (SSSR count). The number of anilines is 1. The third-order valence-corrected chi connectivity index (χ3v) is 6.87. The molecule has 2 fully saturated rings. The van der Waals surface area contributed by atoms with Crippen LogP contribution in [-0.2, 0) is 13.2 Å². The molecule has 1 amide bonds. The number of aryl methyl sites for hydroxylation is 1. The van der Waals surface area contributed by atoms with Gasteiger partial charge in [-0.3, -0.25) is 14.4 Å². The van der Waals surface area contributed by atoms with E-state index in [4.69, 9.17) is 4.74 Å². The molecule has 3 aromatic rings. The highest BCUT2D eigenvalue weighted by molar-refractivity contribution is 6.04. The topological polar surface area (TPSA) is 72.3 Å². The number of carbonyl (C=O) groups is 1. The van der Waals surface area contributed by atoms with Crippen molar-refractivity contribution in [3.63, 3.8) is 0 Å². The summed E-state index contributed by atoms with van der Waals surface area (Å²) in [6.45, 7) is 1.34. The molecule has 1 N–H and O–H groups in total. The second kappa shape index (κ2) is 9.33. The van der Waals surface area contributed by atoms with Crippen molar-refractivity contribution < 1.29 is 22.7 Å². The minimum atomic E-state index is -4.46. The Balaban J connectivity index is 1.31. The summed E-state index contributed by atoms with van der Waals surface area (Å²) in [6.07, 6.45) is 3.73. The maximum absolute atomic E-state index is 12.8. The predicted octanol–water partition coefficient (Wildman–Crippen LogP) is 4.76. The molecule has 2 aliphatic rings. The first-order chi connectivity index (χ1) is 16.8. The van der Waals surface area contributed by atoms with Crippen molar-refractivity contribution in [2.75, 3.05) is 18.5 Å². The Bertz CT molecular complexity index is 1190. The van der Waals surface area contributed by atoms with Crippen LogP contribution < -0.4 is 10.1 Å². The Hall–Kier alpha value is -3.40. The van der Waals surface area contributed by atoms with Crippen molar-refractivity contribution >= 4 is 11.6 Å². The Morgan fingerprint density at radius 3 is 2.40 bits per heavy atom. The number of carbonyl (C=O) groups excluding carboxylic acids is 1. The van der Waals surface area contributed by atoms with Crippen LogP contribution in [0.15, 0.2) is 48.8 Å². The van der Waals surface area contributed by atoms with E-state index in [2.05, 4.69) is 20.3 Å². The lowest BCUT2D eigenvalue weighted by Crippen LogP contribution is -2.32. The number of benzene rings is 1. The normalized spacial score (nSPS) is 19.8. The quantitative estimate of drug-likeness (QED) is 0.523. The number of pyridine rings is 1. The van der Waals surface area contributed by atoms with Gasteiger partial charge in [-0.1, -0.05) is 0 Å². The Morgan fingerprint density at radius 2 is 1.80 bits per heavy atom. The van der Waals surface area contributed by atoms with Gasteiger partial charge in [0.15, 0.2) is 0 Å². The van der Waals surface area contributed by atoms with E-state index in [1.807, 2.05) is 6.07 Å². The van der Waals surface area contributed by atoms with Crippen LogP contribution in [0.25, 0.3) is 11.3 Å².